The van der Waals surface area contributed by atoms with Crippen LogP contribution in [0.15, 0.2) is 30.3 Å². The Morgan fingerprint density at radius 1 is 1.37 bits per heavy atom. The second-order valence-electron chi connectivity index (χ2n) is 4.34. The molecular formula is C14H14ClNO2S. The van der Waals surface area contributed by atoms with E-state index in [0.717, 1.165) is 20.5 Å². The minimum Gasteiger partial charge on any atom is -0.478 e. The summed E-state index contributed by atoms with van der Waals surface area (Å²) >= 11 is 7.42. The van der Waals surface area contributed by atoms with E-state index >= 15 is 0 Å². The van der Waals surface area contributed by atoms with Crippen molar-refractivity contribution >= 4 is 34.6 Å². The number of thiophene rings is 1. The summed E-state index contributed by atoms with van der Waals surface area (Å²) in [5, 5.41) is 9.26. The Balaban J connectivity index is 2.32. The highest BCUT2D eigenvalue weighted by Crippen LogP contribution is 2.28. The molecule has 0 aliphatic carbocycles. The van der Waals surface area contributed by atoms with Crippen LogP contribution in [-0.2, 0) is 6.54 Å². The quantitative estimate of drug-likeness (QED) is 0.925. The van der Waals surface area contributed by atoms with Crippen LogP contribution in [0.25, 0.3) is 0 Å². The fourth-order valence-electron chi connectivity index (χ4n) is 2.09. The van der Waals surface area contributed by atoms with Crippen molar-refractivity contribution in [1.29, 1.82) is 0 Å². The number of carboxylic acid groups (broad SMARTS) is 1. The number of rotatable bonds is 4. The molecule has 0 saturated carbocycles. The molecule has 100 valence electrons. The third-order valence-corrected chi connectivity index (χ3v) is 4.09. The second kappa shape index (κ2) is 5.63. The van der Waals surface area contributed by atoms with Gasteiger partial charge in [0, 0.05) is 11.9 Å². The van der Waals surface area contributed by atoms with Crippen LogP contribution in [0, 0.1) is 6.92 Å². The van der Waals surface area contributed by atoms with Gasteiger partial charge in [0.05, 0.1) is 22.1 Å². The van der Waals surface area contributed by atoms with Crippen LogP contribution in [0.4, 0.5) is 5.69 Å². The van der Waals surface area contributed by atoms with Gasteiger partial charge in [0.1, 0.15) is 0 Å². The van der Waals surface area contributed by atoms with E-state index in [0.29, 0.717) is 12.1 Å². The van der Waals surface area contributed by atoms with Gasteiger partial charge in [0.2, 0.25) is 0 Å². The van der Waals surface area contributed by atoms with Crippen molar-refractivity contribution in [2.24, 2.45) is 0 Å². The Labute approximate surface area is 121 Å². The van der Waals surface area contributed by atoms with E-state index in [4.69, 9.17) is 11.6 Å². The van der Waals surface area contributed by atoms with Crippen LogP contribution < -0.4 is 4.90 Å². The Bertz CT molecular complexity index is 609. The highest BCUT2D eigenvalue weighted by Gasteiger charge is 2.16. The summed E-state index contributed by atoms with van der Waals surface area (Å²) in [6.07, 6.45) is 0. The van der Waals surface area contributed by atoms with E-state index in [1.807, 2.05) is 37.1 Å². The standard InChI is InChI=1S/C14H14ClNO2S/c1-9-4-3-5-11(14(17)18)13(9)16(2)8-10-6-7-12(15)19-10/h3-7H,8H2,1-2H3,(H,17,18). The van der Waals surface area contributed by atoms with Crippen molar-refractivity contribution in [2.75, 3.05) is 11.9 Å². The van der Waals surface area contributed by atoms with E-state index in [-0.39, 0.29) is 0 Å². The third kappa shape index (κ3) is 3.08. The van der Waals surface area contributed by atoms with Crippen molar-refractivity contribution in [3.8, 4) is 0 Å². The SMILES string of the molecule is Cc1cccc(C(=O)O)c1N(C)Cc1ccc(Cl)s1. The largest absolute Gasteiger partial charge is 0.478 e. The van der Waals surface area contributed by atoms with Crippen LogP contribution in [0.2, 0.25) is 4.34 Å². The maximum Gasteiger partial charge on any atom is 0.337 e. The normalized spacial score (nSPS) is 10.5. The molecule has 1 heterocycles. The van der Waals surface area contributed by atoms with E-state index < -0.39 is 5.97 Å². The van der Waals surface area contributed by atoms with Crippen molar-refractivity contribution in [3.63, 3.8) is 0 Å². The van der Waals surface area contributed by atoms with Crippen LogP contribution >= 0.6 is 22.9 Å². The zero-order chi connectivity index (χ0) is 14.0. The average molecular weight is 296 g/mol. The molecule has 0 bridgehead atoms. The molecule has 0 spiro atoms. The first kappa shape index (κ1) is 13.9. The predicted octanol–water partition coefficient (Wildman–Crippen LogP) is 4.04. The van der Waals surface area contributed by atoms with E-state index in [9.17, 15) is 9.90 Å². The minimum absolute atomic E-state index is 0.324. The molecule has 1 N–H and O–H groups in total. The van der Waals surface area contributed by atoms with Gasteiger partial charge in [0.25, 0.3) is 0 Å². The lowest BCUT2D eigenvalue weighted by atomic mass is 10.1. The van der Waals surface area contributed by atoms with Crippen LogP contribution in [0.5, 0.6) is 0 Å². The molecule has 5 heteroatoms. The number of halogens is 1. The lowest BCUT2D eigenvalue weighted by Gasteiger charge is -2.22. The Kier molecular flexibility index (Phi) is 4.12. The van der Waals surface area contributed by atoms with Crippen LogP contribution in [0.3, 0.4) is 0 Å². The molecule has 0 fully saturated rings. The molecule has 0 unspecified atom stereocenters. The van der Waals surface area contributed by atoms with E-state index in [1.165, 1.54) is 11.3 Å². The maximum atomic E-state index is 11.3. The van der Waals surface area contributed by atoms with Crippen LogP contribution in [0.1, 0.15) is 20.8 Å². The summed E-state index contributed by atoms with van der Waals surface area (Å²) in [5.74, 6) is -0.908. The number of carbonyl (C=O) groups is 1. The van der Waals surface area contributed by atoms with Gasteiger partial charge in [-0.25, -0.2) is 4.79 Å². The highest BCUT2D eigenvalue weighted by molar-refractivity contribution is 7.16. The molecule has 0 saturated heterocycles. The van der Waals surface area contributed by atoms with E-state index in [2.05, 4.69) is 0 Å². The molecule has 0 aliphatic heterocycles. The zero-order valence-electron chi connectivity index (χ0n) is 10.7. The molecule has 2 aromatic rings. The van der Waals surface area contributed by atoms with Gasteiger partial charge < -0.3 is 10.0 Å². The first-order valence-electron chi connectivity index (χ1n) is 5.77. The number of carboxylic acids is 1. The number of para-hydroxylation sites is 1. The van der Waals surface area contributed by atoms with Crippen LogP contribution in [-0.4, -0.2) is 18.1 Å². The summed E-state index contributed by atoms with van der Waals surface area (Å²) in [6, 6.07) is 9.12. The maximum absolute atomic E-state index is 11.3. The summed E-state index contributed by atoms with van der Waals surface area (Å²) in [7, 11) is 1.89. The summed E-state index contributed by atoms with van der Waals surface area (Å²) < 4.78 is 0.742. The number of aromatic carboxylic acids is 1. The first-order chi connectivity index (χ1) is 8.99. The van der Waals surface area contributed by atoms with Crippen molar-refractivity contribution < 1.29 is 9.90 Å². The topological polar surface area (TPSA) is 40.5 Å². The molecular weight excluding hydrogens is 282 g/mol. The second-order valence-corrected chi connectivity index (χ2v) is 6.14. The summed E-state index contributed by atoms with van der Waals surface area (Å²) in [6.45, 7) is 2.56. The molecule has 0 atom stereocenters. The number of nitrogens with zero attached hydrogens (tertiary/aromatic N) is 1. The number of hydrogen-bond acceptors (Lipinski definition) is 3. The summed E-state index contributed by atoms with van der Waals surface area (Å²) in [5.41, 5.74) is 2.02. The molecule has 3 nitrogen and oxygen atoms in total. The van der Waals surface area contributed by atoms with Gasteiger partial charge >= 0.3 is 5.97 Å². The van der Waals surface area contributed by atoms with Gasteiger partial charge in [-0.3, -0.25) is 0 Å². The monoisotopic (exact) mass is 295 g/mol. The average Bonchev–Trinajstić information content (AvgIpc) is 2.74. The van der Waals surface area contributed by atoms with Gasteiger partial charge in [-0.2, -0.15) is 0 Å². The fraction of sp³-hybridized carbons (Fsp3) is 0.214. The van der Waals surface area contributed by atoms with Crippen molar-refractivity contribution in [1.82, 2.24) is 0 Å². The van der Waals surface area contributed by atoms with Gasteiger partial charge in [-0.1, -0.05) is 23.7 Å². The third-order valence-electron chi connectivity index (χ3n) is 2.87. The predicted molar refractivity (Wildman–Crippen MR) is 79.6 cm³/mol. The number of aryl methyl sites for hydroxylation is 1. The fourth-order valence-corrected chi connectivity index (χ4v) is 3.23. The Morgan fingerprint density at radius 3 is 2.68 bits per heavy atom. The molecule has 0 amide bonds. The number of benzene rings is 1. The van der Waals surface area contributed by atoms with Gasteiger partial charge in [-0.05, 0) is 30.7 Å². The van der Waals surface area contributed by atoms with Gasteiger partial charge in [0.15, 0.2) is 0 Å². The Morgan fingerprint density at radius 2 is 2.11 bits per heavy atom. The van der Waals surface area contributed by atoms with E-state index in [1.54, 1.807) is 12.1 Å². The minimum atomic E-state index is -0.908. The van der Waals surface area contributed by atoms with Crippen molar-refractivity contribution in [3.05, 3.63) is 50.7 Å². The molecule has 2 rings (SSSR count). The zero-order valence-corrected chi connectivity index (χ0v) is 12.3. The highest BCUT2D eigenvalue weighted by atomic mass is 35.5. The lowest BCUT2D eigenvalue weighted by molar-refractivity contribution is 0.0697. The lowest BCUT2D eigenvalue weighted by Crippen LogP contribution is -2.20. The first-order valence-corrected chi connectivity index (χ1v) is 6.96. The molecule has 1 aromatic heterocycles. The summed E-state index contributed by atoms with van der Waals surface area (Å²) in [4.78, 5) is 14.3. The van der Waals surface area contributed by atoms with Crippen molar-refractivity contribution in [2.45, 2.75) is 13.5 Å². The molecule has 19 heavy (non-hydrogen) atoms. The molecule has 0 aliphatic rings. The number of hydrogen-bond donors (Lipinski definition) is 1. The molecule has 1 aromatic carbocycles. The number of anilines is 1. The smallest absolute Gasteiger partial charge is 0.337 e. The molecule has 0 radical (unpaired) electrons. The Hall–Kier alpha value is -1.52. The van der Waals surface area contributed by atoms with Gasteiger partial charge in [-0.15, -0.1) is 11.3 Å².